The lowest BCUT2D eigenvalue weighted by Crippen LogP contribution is -2.18. The minimum Gasteiger partial charge on any atom is -0.457 e. The molecule has 1 heterocycles. The van der Waals surface area contributed by atoms with Crippen LogP contribution in [0.5, 0.6) is 5.75 Å². The summed E-state index contributed by atoms with van der Waals surface area (Å²) in [5.41, 5.74) is 1.34. The number of hydrogen-bond donors (Lipinski definition) is 1. The molecule has 2 aromatic carbocycles. The first kappa shape index (κ1) is 24.0. The molecule has 0 spiro atoms. The Morgan fingerprint density at radius 3 is 2.56 bits per heavy atom. The normalized spacial score (nSPS) is 11.7. The fraction of sp³-hybridized carbons (Fsp3) is 0.217. The number of benzene rings is 2. The van der Waals surface area contributed by atoms with Crippen molar-refractivity contribution in [3.8, 4) is 5.75 Å². The number of carbonyl (C=O) groups excluding carboxylic acids is 1. The molecule has 0 aliphatic carbocycles. The molecule has 0 radical (unpaired) electrons. The average molecular weight is 496 g/mol. The number of nitrogens with one attached hydrogen (secondary N) is 1. The summed E-state index contributed by atoms with van der Waals surface area (Å²) in [5, 5.41) is 4.62. The number of ether oxygens (including phenoxy) is 3. The second kappa shape index (κ2) is 11.3. The smallest absolute Gasteiger partial charge is 0.457 e. The second-order valence-electron chi connectivity index (χ2n) is 6.94. The van der Waals surface area contributed by atoms with E-state index in [0.29, 0.717) is 37.8 Å². The Hall–Kier alpha value is -2.67. The van der Waals surface area contributed by atoms with E-state index >= 15 is 0 Å². The third kappa shape index (κ3) is 6.42. The van der Waals surface area contributed by atoms with E-state index in [0.717, 1.165) is 0 Å². The number of anilines is 1. The third-order valence-corrected chi connectivity index (χ3v) is 5.32. The lowest BCUT2D eigenvalue weighted by atomic mass is 9.97. The molecule has 32 heavy (non-hydrogen) atoms. The zero-order chi connectivity index (χ0) is 23.1. The summed E-state index contributed by atoms with van der Waals surface area (Å²) >= 11 is 19.1. The molecule has 0 bridgehead atoms. The van der Waals surface area contributed by atoms with Crippen molar-refractivity contribution in [3.05, 3.63) is 87.0 Å². The largest absolute Gasteiger partial charge is 0.511 e. The number of rotatable bonds is 8. The molecule has 3 aromatic rings. The zero-order valence-corrected chi connectivity index (χ0v) is 19.6. The minimum atomic E-state index is -0.823. The van der Waals surface area contributed by atoms with Gasteiger partial charge in [0.05, 0.1) is 22.2 Å². The molecule has 9 heteroatoms. The predicted molar refractivity (Wildman–Crippen MR) is 126 cm³/mol. The summed E-state index contributed by atoms with van der Waals surface area (Å²) in [6.07, 6.45) is 0.546. The Bertz CT molecular complexity index is 1060. The van der Waals surface area contributed by atoms with E-state index in [1.54, 1.807) is 50.4 Å². The van der Waals surface area contributed by atoms with Gasteiger partial charge in [0.25, 0.3) is 0 Å². The topological polar surface area (TPSA) is 69.7 Å². The van der Waals surface area contributed by atoms with Gasteiger partial charge in [0, 0.05) is 16.8 Å². The van der Waals surface area contributed by atoms with Gasteiger partial charge in [0.2, 0.25) is 6.79 Å². The van der Waals surface area contributed by atoms with Crippen LogP contribution in [0.25, 0.3) is 0 Å². The van der Waals surface area contributed by atoms with E-state index in [4.69, 9.17) is 49.0 Å². The second-order valence-corrected chi connectivity index (χ2v) is 8.16. The number of nitrogens with zero attached hydrogens (tertiary/aromatic N) is 1. The van der Waals surface area contributed by atoms with Gasteiger partial charge in [0.1, 0.15) is 11.6 Å². The Morgan fingerprint density at radius 1 is 1.03 bits per heavy atom. The lowest BCUT2D eigenvalue weighted by molar-refractivity contribution is -0.00845. The molecule has 0 amide bonds. The van der Waals surface area contributed by atoms with Crippen LogP contribution in [0.4, 0.5) is 10.6 Å². The molecule has 1 N–H and O–H groups in total. The van der Waals surface area contributed by atoms with Crippen molar-refractivity contribution in [2.75, 3.05) is 12.1 Å². The molecule has 0 saturated heterocycles. The third-order valence-electron chi connectivity index (χ3n) is 4.26. The number of aromatic nitrogens is 1. The maximum Gasteiger partial charge on any atom is 0.511 e. The minimum absolute atomic E-state index is 0.300. The van der Waals surface area contributed by atoms with Crippen molar-refractivity contribution in [1.29, 1.82) is 0 Å². The fourth-order valence-electron chi connectivity index (χ4n) is 2.91. The molecule has 1 aromatic heterocycles. The van der Waals surface area contributed by atoms with Gasteiger partial charge in [-0.05, 0) is 55.8 Å². The molecular weight excluding hydrogens is 475 g/mol. The Balaban J connectivity index is 1.95. The predicted octanol–water partition coefficient (Wildman–Crippen LogP) is 7.14. The Kier molecular flexibility index (Phi) is 8.45. The van der Waals surface area contributed by atoms with Crippen LogP contribution in [-0.4, -0.2) is 24.0 Å². The van der Waals surface area contributed by atoms with Crippen molar-refractivity contribution in [2.24, 2.45) is 0 Å². The summed E-state index contributed by atoms with van der Waals surface area (Å²) in [5.74, 6) is 1.03. The van der Waals surface area contributed by atoms with Crippen molar-refractivity contribution in [2.45, 2.75) is 26.0 Å². The van der Waals surface area contributed by atoms with Gasteiger partial charge in [0.15, 0.2) is 0 Å². The summed E-state index contributed by atoms with van der Waals surface area (Å²) in [4.78, 5) is 16.0. The van der Waals surface area contributed by atoms with Crippen LogP contribution in [-0.2, 0) is 9.47 Å². The number of pyridine rings is 1. The number of hydrogen-bond acceptors (Lipinski definition) is 6. The van der Waals surface area contributed by atoms with Crippen LogP contribution in [0, 0.1) is 0 Å². The number of halogens is 3. The molecule has 0 aliphatic heterocycles. The Morgan fingerprint density at radius 2 is 1.84 bits per heavy atom. The first-order chi connectivity index (χ1) is 15.3. The van der Waals surface area contributed by atoms with Crippen LogP contribution >= 0.6 is 34.8 Å². The SMILES string of the molecule is CC(C)OC(=O)OCOc1ccc(Cl)cc1C(Nc1ccccn1)c1cccc(Cl)c1Cl. The molecule has 0 fully saturated rings. The van der Waals surface area contributed by atoms with E-state index in [1.807, 2.05) is 24.3 Å². The van der Waals surface area contributed by atoms with Crippen molar-refractivity contribution in [3.63, 3.8) is 0 Å². The van der Waals surface area contributed by atoms with Gasteiger partial charge >= 0.3 is 6.16 Å². The van der Waals surface area contributed by atoms with Crippen LogP contribution in [0.1, 0.15) is 31.0 Å². The standard InChI is InChI=1S/C23H21Cl3N2O4/c1-14(2)32-23(29)31-13-30-19-10-9-15(24)12-17(19)22(28-20-8-3-4-11-27-20)16-6-5-7-18(25)21(16)26/h3-12,14,22H,13H2,1-2H3,(H,27,28). The molecule has 0 aliphatic rings. The van der Waals surface area contributed by atoms with Gasteiger partial charge in [-0.3, -0.25) is 0 Å². The van der Waals surface area contributed by atoms with Crippen LogP contribution in [0.2, 0.25) is 15.1 Å². The molecule has 6 nitrogen and oxygen atoms in total. The monoisotopic (exact) mass is 494 g/mol. The average Bonchev–Trinajstić information content (AvgIpc) is 2.75. The highest BCUT2D eigenvalue weighted by molar-refractivity contribution is 6.42. The van der Waals surface area contributed by atoms with Crippen LogP contribution in [0.15, 0.2) is 60.8 Å². The number of carbonyl (C=O) groups is 1. The van der Waals surface area contributed by atoms with E-state index in [1.165, 1.54) is 0 Å². The quantitative estimate of drug-likeness (QED) is 0.264. The highest BCUT2D eigenvalue weighted by Gasteiger charge is 2.23. The maximum atomic E-state index is 11.7. The molecule has 0 saturated carbocycles. The van der Waals surface area contributed by atoms with Crippen molar-refractivity contribution in [1.82, 2.24) is 4.98 Å². The molecule has 3 rings (SSSR count). The molecule has 1 atom stereocenters. The van der Waals surface area contributed by atoms with Crippen LogP contribution < -0.4 is 10.1 Å². The first-order valence-corrected chi connectivity index (χ1v) is 10.9. The molecule has 168 valence electrons. The van der Waals surface area contributed by atoms with Gasteiger partial charge in [-0.15, -0.1) is 0 Å². The summed E-state index contributed by atoms with van der Waals surface area (Å²) in [7, 11) is 0. The summed E-state index contributed by atoms with van der Waals surface area (Å²) in [6.45, 7) is 3.10. The summed E-state index contributed by atoms with van der Waals surface area (Å²) < 4.78 is 15.7. The maximum absolute atomic E-state index is 11.7. The van der Waals surface area contributed by atoms with Gasteiger partial charge in [-0.1, -0.05) is 53.0 Å². The van der Waals surface area contributed by atoms with E-state index in [9.17, 15) is 4.79 Å². The highest BCUT2D eigenvalue weighted by Crippen LogP contribution is 2.39. The van der Waals surface area contributed by atoms with Gasteiger partial charge in [-0.25, -0.2) is 9.78 Å². The van der Waals surface area contributed by atoms with Gasteiger partial charge in [-0.2, -0.15) is 0 Å². The van der Waals surface area contributed by atoms with Crippen molar-refractivity contribution < 1.29 is 19.0 Å². The first-order valence-electron chi connectivity index (χ1n) is 9.72. The van der Waals surface area contributed by atoms with E-state index in [-0.39, 0.29) is 12.9 Å². The summed E-state index contributed by atoms with van der Waals surface area (Å²) in [6, 6.07) is 15.4. The molecular formula is C23H21Cl3N2O4. The zero-order valence-electron chi connectivity index (χ0n) is 17.3. The van der Waals surface area contributed by atoms with Gasteiger partial charge < -0.3 is 19.5 Å². The van der Waals surface area contributed by atoms with E-state index in [2.05, 4.69) is 10.3 Å². The highest BCUT2D eigenvalue weighted by atomic mass is 35.5. The van der Waals surface area contributed by atoms with E-state index < -0.39 is 12.2 Å². The fourth-order valence-corrected chi connectivity index (χ4v) is 3.50. The Labute approximate surface area is 201 Å². The lowest BCUT2D eigenvalue weighted by Gasteiger charge is -2.24. The van der Waals surface area contributed by atoms with Crippen molar-refractivity contribution >= 4 is 46.8 Å². The molecule has 1 unspecified atom stereocenters. The van der Waals surface area contributed by atoms with Crippen LogP contribution in [0.3, 0.4) is 0 Å².